The van der Waals surface area contributed by atoms with Gasteiger partial charge in [-0.25, -0.2) is 9.78 Å². The van der Waals surface area contributed by atoms with Crippen molar-refractivity contribution in [3.8, 4) is 17.3 Å². The number of carbonyl (C=O) groups is 1. The number of guanidine groups is 1. The molecule has 8 heteroatoms. The molecule has 0 atom stereocenters. The molecule has 0 aliphatic carbocycles. The van der Waals surface area contributed by atoms with Gasteiger partial charge in [-0.15, -0.1) is 4.99 Å². The Morgan fingerprint density at radius 2 is 1.82 bits per heavy atom. The highest BCUT2D eigenvalue weighted by Gasteiger charge is 2.18. The molecule has 0 unspecified atom stereocenters. The van der Waals surface area contributed by atoms with Gasteiger partial charge in [-0.1, -0.05) is 49.4 Å². The van der Waals surface area contributed by atoms with Crippen LogP contribution in [0.4, 0.5) is 5.69 Å². The molecule has 1 heterocycles. The first kappa shape index (κ1) is 26.4. The van der Waals surface area contributed by atoms with Crippen molar-refractivity contribution >= 4 is 28.6 Å². The number of nitriles is 1. The molecule has 0 amide bonds. The Balaban J connectivity index is 1.73. The van der Waals surface area contributed by atoms with Crippen LogP contribution in [-0.2, 0) is 17.7 Å². The summed E-state index contributed by atoms with van der Waals surface area (Å²) in [5.74, 6) is 1.20. The van der Waals surface area contributed by atoms with Crippen LogP contribution in [0, 0.1) is 18.4 Å². The van der Waals surface area contributed by atoms with Crippen molar-refractivity contribution in [3.05, 3.63) is 83.2 Å². The molecule has 0 saturated heterocycles. The number of imidazole rings is 1. The molecule has 38 heavy (non-hydrogen) atoms. The Hall–Kier alpha value is -4.64. The second-order valence-corrected chi connectivity index (χ2v) is 9.30. The van der Waals surface area contributed by atoms with Crippen molar-refractivity contribution < 1.29 is 9.53 Å². The highest BCUT2D eigenvalue weighted by atomic mass is 16.5. The summed E-state index contributed by atoms with van der Waals surface area (Å²) in [6.07, 6.45) is 2.69. The molecule has 0 radical (unpaired) electrons. The number of hydrogen-bond acceptors (Lipinski definition) is 5. The zero-order chi connectivity index (χ0) is 27.4. The van der Waals surface area contributed by atoms with E-state index in [-0.39, 0.29) is 5.97 Å². The molecule has 0 aliphatic heterocycles. The minimum atomic E-state index is -0.351. The monoisotopic (exact) mass is 508 g/mol. The van der Waals surface area contributed by atoms with Crippen molar-refractivity contribution in [2.75, 3.05) is 33.2 Å². The molecule has 8 nitrogen and oxygen atoms in total. The lowest BCUT2D eigenvalue weighted by Crippen LogP contribution is -2.38. The van der Waals surface area contributed by atoms with E-state index in [4.69, 9.17) is 9.72 Å². The minimum Gasteiger partial charge on any atom is -0.465 e. The first-order valence-corrected chi connectivity index (χ1v) is 12.4. The lowest BCUT2D eigenvalue weighted by atomic mass is 9.98. The number of carbonyl (C=O) groups excluding carboxylic acids is 1. The van der Waals surface area contributed by atoms with Crippen LogP contribution in [0.3, 0.4) is 0 Å². The van der Waals surface area contributed by atoms with Gasteiger partial charge in [-0.05, 0) is 47.4 Å². The maximum Gasteiger partial charge on any atom is 0.338 e. The minimum absolute atomic E-state index is 0.351. The first-order chi connectivity index (χ1) is 18.3. The Labute approximate surface area is 223 Å². The van der Waals surface area contributed by atoms with Gasteiger partial charge in [0, 0.05) is 39.8 Å². The second-order valence-electron chi connectivity index (χ2n) is 9.30. The second kappa shape index (κ2) is 11.2. The van der Waals surface area contributed by atoms with Gasteiger partial charge in [0.25, 0.3) is 0 Å². The molecule has 4 aromatic rings. The number of benzene rings is 3. The molecule has 4 rings (SSSR count). The quantitative estimate of drug-likeness (QED) is 0.153. The van der Waals surface area contributed by atoms with Crippen molar-refractivity contribution in [3.63, 3.8) is 0 Å². The van der Waals surface area contributed by atoms with Gasteiger partial charge in [0.2, 0.25) is 12.2 Å². The summed E-state index contributed by atoms with van der Waals surface area (Å²) in [7, 11) is 7.03. The lowest BCUT2D eigenvalue weighted by Gasteiger charge is -2.26. The predicted molar refractivity (Wildman–Crippen MR) is 151 cm³/mol. The number of anilines is 1. The van der Waals surface area contributed by atoms with E-state index in [1.165, 1.54) is 7.11 Å². The molecule has 0 aliphatic rings. The maximum absolute atomic E-state index is 12.2. The molecular formula is C30H32N6O2. The SMILES string of the molecule is CCc1nc2c(C)cc(N(C)/C(=N\C#N)N(C)C)cc2n1Cc1ccc(-c2ccccc2C(=O)OC)cc1. The van der Waals surface area contributed by atoms with E-state index in [0.717, 1.165) is 51.2 Å². The van der Waals surface area contributed by atoms with Crippen LogP contribution in [-0.4, -0.2) is 54.6 Å². The average molecular weight is 509 g/mol. The topological polar surface area (TPSA) is 86.8 Å². The van der Waals surface area contributed by atoms with Crippen LogP contribution in [0.5, 0.6) is 0 Å². The van der Waals surface area contributed by atoms with E-state index in [2.05, 4.69) is 47.7 Å². The van der Waals surface area contributed by atoms with Crippen molar-refractivity contribution in [1.82, 2.24) is 14.5 Å². The van der Waals surface area contributed by atoms with E-state index in [1.807, 2.05) is 67.5 Å². The van der Waals surface area contributed by atoms with Gasteiger partial charge in [0.15, 0.2) is 0 Å². The molecule has 3 aromatic carbocycles. The molecule has 0 fully saturated rings. The van der Waals surface area contributed by atoms with E-state index in [0.29, 0.717) is 18.1 Å². The number of hydrogen-bond donors (Lipinski definition) is 0. The fraction of sp³-hybridized carbons (Fsp3) is 0.267. The van der Waals surface area contributed by atoms with Crippen LogP contribution < -0.4 is 4.90 Å². The third kappa shape index (κ3) is 5.09. The maximum atomic E-state index is 12.2. The Bertz CT molecular complexity index is 1540. The zero-order valence-electron chi connectivity index (χ0n) is 22.7. The first-order valence-electron chi connectivity index (χ1n) is 12.4. The summed E-state index contributed by atoms with van der Waals surface area (Å²) >= 11 is 0. The van der Waals surface area contributed by atoms with Crippen LogP contribution >= 0.6 is 0 Å². The van der Waals surface area contributed by atoms with Crippen molar-refractivity contribution in [2.24, 2.45) is 4.99 Å². The fourth-order valence-electron chi connectivity index (χ4n) is 4.69. The summed E-state index contributed by atoms with van der Waals surface area (Å²) in [6.45, 7) is 4.81. The van der Waals surface area contributed by atoms with Gasteiger partial charge in [-0.3, -0.25) is 0 Å². The van der Waals surface area contributed by atoms with Gasteiger partial charge in [0.05, 0.1) is 23.7 Å². The van der Waals surface area contributed by atoms with Gasteiger partial charge in [0.1, 0.15) is 5.82 Å². The molecule has 0 saturated carbocycles. The van der Waals surface area contributed by atoms with Crippen molar-refractivity contribution in [1.29, 1.82) is 5.26 Å². The van der Waals surface area contributed by atoms with Crippen LogP contribution in [0.25, 0.3) is 22.2 Å². The predicted octanol–water partition coefficient (Wildman–Crippen LogP) is 5.24. The lowest BCUT2D eigenvalue weighted by molar-refractivity contribution is 0.0601. The number of aliphatic imine (C=N–C) groups is 1. The molecular weight excluding hydrogens is 476 g/mol. The van der Waals surface area contributed by atoms with Gasteiger partial charge < -0.3 is 19.1 Å². The summed E-state index contributed by atoms with van der Waals surface area (Å²) in [4.78, 5) is 24.9. The number of ether oxygens (including phenoxy) is 1. The van der Waals surface area contributed by atoms with E-state index in [1.54, 1.807) is 6.07 Å². The number of aryl methyl sites for hydroxylation is 2. The summed E-state index contributed by atoms with van der Waals surface area (Å²) in [5.41, 5.74) is 7.43. The van der Waals surface area contributed by atoms with E-state index < -0.39 is 0 Å². The van der Waals surface area contributed by atoms with Crippen LogP contribution in [0.2, 0.25) is 0 Å². The molecule has 1 aromatic heterocycles. The normalized spacial score (nSPS) is 11.3. The van der Waals surface area contributed by atoms with Crippen LogP contribution in [0.1, 0.15) is 34.2 Å². The number of methoxy groups -OCH3 is 1. The molecule has 0 spiro atoms. The standard InChI is InChI=1S/C30H32N6O2/c1-7-27-33-28-20(2)16-23(35(5)30(32-19-31)34(3)4)17-26(28)36(27)18-21-12-14-22(15-13-21)24-10-8-9-11-25(24)29(37)38-6/h8-17H,7,18H2,1-6H3/b32-30-. The largest absolute Gasteiger partial charge is 0.465 e. The van der Waals surface area contributed by atoms with Crippen LogP contribution in [0.15, 0.2) is 65.7 Å². The zero-order valence-corrected chi connectivity index (χ0v) is 22.7. The highest BCUT2D eigenvalue weighted by molar-refractivity contribution is 5.98. The summed E-state index contributed by atoms with van der Waals surface area (Å²) in [5, 5.41) is 9.17. The number of rotatable bonds is 6. The number of esters is 1. The molecule has 0 N–H and O–H groups in total. The van der Waals surface area contributed by atoms with Crippen molar-refractivity contribution in [2.45, 2.75) is 26.8 Å². The Morgan fingerprint density at radius 1 is 1.11 bits per heavy atom. The van der Waals surface area contributed by atoms with E-state index in [9.17, 15) is 10.1 Å². The fourth-order valence-corrected chi connectivity index (χ4v) is 4.69. The Kier molecular flexibility index (Phi) is 7.77. The summed E-state index contributed by atoms with van der Waals surface area (Å²) < 4.78 is 7.20. The third-order valence-electron chi connectivity index (χ3n) is 6.60. The summed E-state index contributed by atoms with van der Waals surface area (Å²) in [6, 6.07) is 19.9. The van der Waals surface area contributed by atoms with E-state index >= 15 is 0 Å². The molecule has 194 valence electrons. The number of fused-ring (bicyclic) bond motifs is 1. The van der Waals surface area contributed by atoms with Gasteiger partial charge in [-0.2, -0.15) is 5.26 Å². The van der Waals surface area contributed by atoms with Gasteiger partial charge >= 0.3 is 5.97 Å². The highest BCUT2D eigenvalue weighted by Crippen LogP contribution is 2.29. The third-order valence-corrected chi connectivity index (χ3v) is 6.60. The number of nitrogens with zero attached hydrogens (tertiary/aromatic N) is 6. The smallest absolute Gasteiger partial charge is 0.338 e. The Morgan fingerprint density at radius 3 is 2.45 bits per heavy atom. The molecule has 0 bridgehead atoms. The average Bonchev–Trinajstić information content (AvgIpc) is 3.29. The number of aromatic nitrogens is 2.